The number of amides is 3. The highest BCUT2D eigenvalue weighted by Gasteiger charge is 2.28. The third kappa shape index (κ3) is 7.94. The van der Waals surface area contributed by atoms with E-state index in [-0.39, 0.29) is 12.2 Å². The molecule has 0 saturated carbocycles. The van der Waals surface area contributed by atoms with Gasteiger partial charge in [-0.3, -0.25) is 10.5 Å². The molecule has 0 unspecified atom stereocenters. The summed E-state index contributed by atoms with van der Waals surface area (Å²) in [6.45, 7) is 5.88. The zero-order valence-corrected chi connectivity index (χ0v) is 15.3. The molecule has 0 heterocycles. The molecule has 0 aliphatic carbocycles. The van der Waals surface area contributed by atoms with E-state index in [4.69, 9.17) is 4.74 Å². The number of benzene rings is 1. The van der Waals surface area contributed by atoms with Gasteiger partial charge < -0.3 is 15.4 Å². The van der Waals surface area contributed by atoms with E-state index in [1.54, 1.807) is 24.3 Å². The van der Waals surface area contributed by atoms with E-state index in [1.165, 1.54) is 0 Å². The van der Waals surface area contributed by atoms with Crippen molar-refractivity contribution in [3.05, 3.63) is 42.5 Å². The van der Waals surface area contributed by atoms with Gasteiger partial charge in [-0.2, -0.15) is 0 Å². The van der Waals surface area contributed by atoms with Gasteiger partial charge in [0.05, 0.1) is 5.57 Å². The molecule has 0 saturated heterocycles. The van der Waals surface area contributed by atoms with Crippen molar-refractivity contribution in [2.24, 2.45) is 0 Å². The van der Waals surface area contributed by atoms with Crippen LogP contribution >= 0.6 is 0 Å². The standard InChI is InChI=1S/C19H27N3O4/c1-3-4-5-9-12-21-19(25)22-17(14(2)18(20)24)16(23)13-26-15-10-7-6-8-11-15/h6-8,10-11,17H,2-5,9,12-13H2,1H3,(H2,20,24)(H2,21,22,25)/p+1/t17-/m1/s1. The van der Waals surface area contributed by atoms with Crippen molar-refractivity contribution < 1.29 is 24.9 Å². The summed E-state index contributed by atoms with van der Waals surface area (Å²) in [5, 5.41) is 5.16. The number of ether oxygens (including phenoxy) is 1. The molecular weight excluding hydrogens is 334 g/mol. The molecule has 0 spiro atoms. The lowest BCUT2D eigenvalue weighted by Gasteiger charge is -2.18. The maximum Gasteiger partial charge on any atom is 0.338 e. The maximum absolute atomic E-state index is 12.4. The molecule has 7 nitrogen and oxygen atoms in total. The van der Waals surface area contributed by atoms with Crippen LogP contribution in [0.1, 0.15) is 32.6 Å². The molecule has 1 atom stereocenters. The second-order valence-electron chi connectivity index (χ2n) is 5.91. The minimum atomic E-state index is -1.17. The van der Waals surface area contributed by atoms with Crippen molar-refractivity contribution in [2.45, 2.75) is 38.6 Å². The Balaban J connectivity index is 2.57. The molecule has 142 valence electrons. The minimum Gasteiger partial charge on any atom is -0.486 e. The second kappa shape index (κ2) is 11.8. The minimum absolute atomic E-state index is 0.0761. The van der Waals surface area contributed by atoms with Crippen LogP contribution < -0.4 is 21.1 Å². The monoisotopic (exact) mass is 362 g/mol. The molecule has 1 aromatic carbocycles. The predicted octanol–water partition coefficient (Wildman–Crippen LogP) is 1.21. The van der Waals surface area contributed by atoms with Crippen LogP contribution in [0.2, 0.25) is 0 Å². The van der Waals surface area contributed by atoms with Gasteiger partial charge in [0, 0.05) is 6.54 Å². The molecular formula is C19H28N3O4+. The molecule has 26 heavy (non-hydrogen) atoms. The van der Waals surface area contributed by atoms with Crippen LogP contribution in [-0.4, -0.2) is 36.9 Å². The first-order chi connectivity index (χ1) is 12.5. The van der Waals surface area contributed by atoms with Gasteiger partial charge in [-0.25, -0.2) is 9.59 Å². The van der Waals surface area contributed by atoms with Gasteiger partial charge in [0.1, 0.15) is 18.4 Å². The van der Waals surface area contributed by atoms with Crippen LogP contribution in [0.15, 0.2) is 42.5 Å². The van der Waals surface area contributed by atoms with Crippen molar-refractivity contribution >= 4 is 17.7 Å². The fourth-order valence-electron chi connectivity index (χ4n) is 2.21. The van der Waals surface area contributed by atoms with Crippen LogP contribution in [0, 0.1) is 0 Å². The Bertz CT molecular complexity index is 616. The first-order valence-electron chi connectivity index (χ1n) is 8.75. The Kier molecular flexibility index (Phi) is 9.71. The quantitative estimate of drug-likeness (QED) is 0.383. The van der Waals surface area contributed by atoms with E-state index < -0.39 is 23.8 Å². The van der Waals surface area contributed by atoms with Crippen LogP contribution in [0.25, 0.3) is 0 Å². The highest BCUT2D eigenvalue weighted by molar-refractivity contribution is 6.00. The number of Topliss-reactive ketones (excluding diaryl/α,β-unsaturated/α-hetero) is 1. The highest BCUT2D eigenvalue weighted by Crippen LogP contribution is 2.09. The zero-order valence-electron chi connectivity index (χ0n) is 15.3. The highest BCUT2D eigenvalue weighted by atomic mass is 16.5. The van der Waals surface area contributed by atoms with E-state index in [2.05, 4.69) is 29.9 Å². The number of carbonyl (C=O) groups is 3. The number of rotatable bonds is 12. The van der Waals surface area contributed by atoms with E-state index in [0.29, 0.717) is 12.3 Å². The lowest BCUT2D eigenvalue weighted by Crippen LogP contribution is -2.62. The number of unbranched alkanes of at least 4 members (excludes halogenated alkanes) is 3. The van der Waals surface area contributed by atoms with Gasteiger partial charge in [-0.1, -0.05) is 51.0 Å². The SMILES string of the molecule is C=C(C([NH3+])=O)[C@@H](NC(=O)NCCCCCC)C(=O)COc1ccccc1. The Morgan fingerprint density at radius 3 is 2.46 bits per heavy atom. The molecule has 0 aromatic heterocycles. The van der Waals surface area contributed by atoms with E-state index in [9.17, 15) is 14.4 Å². The number of ketones is 1. The third-order valence-corrected chi connectivity index (χ3v) is 3.74. The fraction of sp³-hybridized carbons (Fsp3) is 0.421. The molecule has 0 bridgehead atoms. The molecule has 0 radical (unpaired) electrons. The van der Waals surface area contributed by atoms with E-state index in [1.807, 2.05) is 6.07 Å². The van der Waals surface area contributed by atoms with Gasteiger partial charge in [0.15, 0.2) is 5.78 Å². The van der Waals surface area contributed by atoms with E-state index in [0.717, 1.165) is 25.7 Å². The van der Waals surface area contributed by atoms with Crippen molar-refractivity contribution in [2.75, 3.05) is 13.2 Å². The fourth-order valence-corrected chi connectivity index (χ4v) is 2.21. The Labute approximate surface area is 154 Å². The average molecular weight is 362 g/mol. The number of carbonyl (C=O) groups excluding carboxylic acids is 3. The number of urea groups is 1. The number of hydrogen-bond donors (Lipinski definition) is 3. The van der Waals surface area contributed by atoms with Gasteiger partial charge in [-0.15, -0.1) is 0 Å². The van der Waals surface area contributed by atoms with Crippen LogP contribution in [-0.2, 0) is 9.59 Å². The predicted molar refractivity (Wildman–Crippen MR) is 98.4 cm³/mol. The Morgan fingerprint density at radius 2 is 1.85 bits per heavy atom. The second-order valence-corrected chi connectivity index (χ2v) is 5.91. The van der Waals surface area contributed by atoms with Crippen LogP contribution in [0.5, 0.6) is 5.75 Å². The molecule has 0 aliphatic heterocycles. The molecule has 7 heteroatoms. The molecule has 3 amide bonds. The van der Waals surface area contributed by atoms with Crippen LogP contribution in [0.3, 0.4) is 0 Å². The number of quaternary nitrogens is 1. The average Bonchev–Trinajstić information content (AvgIpc) is 2.64. The van der Waals surface area contributed by atoms with Gasteiger partial charge in [0.2, 0.25) is 0 Å². The summed E-state index contributed by atoms with van der Waals surface area (Å²) in [7, 11) is 0. The van der Waals surface area contributed by atoms with E-state index >= 15 is 0 Å². The van der Waals surface area contributed by atoms with Gasteiger partial charge in [-0.05, 0) is 18.6 Å². The summed E-state index contributed by atoms with van der Waals surface area (Å²) in [6, 6.07) is 7.11. The van der Waals surface area contributed by atoms with Crippen molar-refractivity contribution in [3.63, 3.8) is 0 Å². The number of hydrogen-bond acceptors (Lipinski definition) is 4. The van der Waals surface area contributed by atoms with Crippen molar-refractivity contribution in [3.8, 4) is 5.75 Å². The number of nitrogens with one attached hydrogen (secondary N) is 2. The summed E-state index contributed by atoms with van der Waals surface area (Å²) >= 11 is 0. The summed E-state index contributed by atoms with van der Waals surface area (Å²) in [5.74, 6) is -0.560. The number of para-hydroxylation sites is 1. The Hall–Kier alpha value is -2.67. The third-order valence-electron chi connectivity index (χ3n) is 3.74. The Morgan fingerprint density at radius 1 is 1.15 bits per heavy atom. The van der Waals surface area contributed by atoms with Crippen molar-refractivity contribution in [1.82, 2.24) is 10.6 Å². The maximum atomic E-state index is 12.4. The molecule has 1 aromatic rings. The summed E-state index contributed by atoms with van der Waals surface area (Å²) in [5.41, 5.74) is 3.18. The van der Waals surface area contributed by atoms with Gasteiger partial charge >= 0.3 is 11.9 Å². The summed E-state index contributed by atoms with van der Waals surface area (Å²) in [6.07, 6.45) is 4.09. The smallest absolute Gasteiger partial charge is 0.338 e. The first-order valence-corrected chi connectivity index (χ1v) is 8.75. The van der Waals surface area contributed by atoms with Crippen LogP contribution in [0.4, 0.5) is 4.79 Å². The summed E-state index contributed by atoms with van der Waals surface area (Å²) < 4.78 is 5.39. The molecule has 0 aliphatic rings. The first kappa shape index (κ1) is 21.4. The zero-order chi connectivity index (χ0) is 19.4. The lowest BCUT2D eigenvalue weighted by molar-refractivity contribution is -0.299. The molecule has 1 rings (SSSR count). The van der Waals surface area contributed by atoms with Crippen molar-refractivity contribution in [1.29, 1.82) is 0 Å². The lowest BCUT2D eigenvalue weighted by atomic mass is 10.0. The molecule has 5 N–H and O–H groups in total. The largest absolute Gasteiger partial charge is 0.486 e. The summed E-state index contributed by atoms with van der Waals surface area (Å²) in [4.78, 5) is 35.9. The normalized spacial score (nSPS) is 11.3. The molecule has 0 fully saturated rings. The van der Waals surface area contributed by atoms with Gasteiger partial charge in [0.25, 0.3) is 0 Å². The topological polar surface area (TPSA) is 112 Å².